The summed E-state index contributed by atoms with van der Waals surface area (Å²) in [4.78, 5) is 26.0. The molecular weight excluding hydrogens is 336 g/mol. The summed E-state index contributed by atoms with van der Waals surface area (Å²) in [6.07, 6.45) is 1.86. The van der Waals surface area contributed by atoms with Gasteiger partial charge in [0.05, 0.1) is 17.2 Å². The van der Waals surface area contributed by atoms with Crippen molar-refractivity contribution < 1.29 is 14.3 Å². The summed E-state index contributed by atoms with van der Waals surface area (Å²) in [5, 5.41) is 5.62. The highest BCUT2D eigenvalue weighted by atomic mass is 32.2. The molecule has 0 atom stereocenters. The van der Waals surface area contributed by atoms with E-state index in [1.807, 2.05) is 42.5 Å². The van der Waals surface area contributed by atoms with Crippen LogP contribution in [0.5, 0.6) is 0 Å². The summed E-state index contributed by atoms with van der Waals surface area (Å²) in [6.45, 7) is 0.897. The number of fused-ring (bicyclic) bond motifs is 1. The Morgan fingerprint density at radius 1 is 1.24 bits per heavy atom. The molecule has 0 aliphatic carbocycles. The molecule has 128 valence electrons. The minimum absolute atomic E-state index is 0.168. The highest BCUT2D eigenvalue weighted by Gasteiger charge is 2.22. The fourth-order valence-corrected chi connectivity index (χ4v) is 3.30. The van der Waals surface area contributed by atoms with Gasteiger partial charge in [0.1, 0.15) is 0 Å². The number of carbonyl (C=O) groups excluding carboxylic acids is 2. The summed E-state index contributed by atoms with van der Waals surface area (Å²) >= 11 is 1.40. The Balaban J connectivity index is 1.77. The lowest BCUT2D eigenvalue weighted by atomic mass is 10.1. The lowest BCUT2D eigenvalue weighted by molar-refractivity contribution is -0.112. The summed E-state index contributed by atoms with van der Waals surface area (Å²) in [5.41, 5.74) is 2.13. The van der Waals surface area contributed by atoms with Gasteiger partial charge in [-0.25, -0.2) is 0 Å². The number of carbonyl (C=O) groups is 2. The minimum Gasteiger partial charge on any atom is -0.383 e. The second-order valence-corrected chi connectivity index (χ2v) is 6.52. The van der Waals surface area contributed by atoms with Gasteiger partial charge in [-0.15, -0.1) is 0 Å². The van der Waals surface area contributed by atoms with E-state index >= 15 is 0 Å². The number of amides is 2. The van der Waals surface area contributed by atoms with Crippen LogP contribution in [0, 0.1) is 0 Å². The van der Waals surface area contributed by atoms with Crippen molar-refractivity contribution in [3.63, 3.8) is 0 Å². The Morgan fingerprint density at radius 3 is 2.80 bits per heavy atom. The summed E-state index contributed by atoms with van der Waals surface area (Å²) in [5.74, 6) is -0.358. The maximum absolute atomic E-state index is 12.3. The number of hydrogen-bond acceptors (Lipinski definition) is 4. The van der Waals surface area contributed by atoms with Crippen LogP contribution in [-0.4, -0.2) is 32.1 Å². The second kappa shape index (κ2) is 8.00. The van der Waals surface area contributed by atoms with Gasteiger partial charge in [0.2, 0.25) is 0 Å². The van der Waals surface area contributed by atoms with Crippen LogP contribution < -0.4 is 10.6 Å². The molecule has 2 aromatic rings. The zero-order valence-electron chi connectivity index (χ0n) is 13.7. The van der Waals surface area contributed by atoms with E-state index in [1.165, 1.54) is 11.8 Å². The fourth-order valence-electron chi connectivity index (χ4n) is 2.37. The smallest absolute Gasteiger partial charge is 0.262 e. The standard InChI is InChI=1S/C19H18N2O3S/c1-24-10-9-20-18(22)14-7-8-16-15(12-14)21-19(23)17(25-16)11-13-5-3-2-4-6-13/h2-8,11-12H,9-10H2,1H3,(H,20,22)(H,21,23)/b17-11-. The van der Waals surface area contributed by atoms with Crippen LogP contribution in [-0.2, 0) is 9.53 Å². The van der Waals surface area contributed by atoms with Gasteiger partial charge >= 0.3 is 0 Å². The van der Waals surface area contributed by atoms with Gasteiger partial charge in [0.25, 0.3) is 11.8 Å². The van der Waals surface area contributed by atoms with Crippen molar-refractivity contribution in [3.8, 4) is 0 Å². The van der Waals surface area contributed by atoms with Gasteiger partial charge in [-0.3, -0.25) is 9.59 Å². The van der Waals surface area contributed by atoms with Crippen molar-refractivity contribution in [2.24, 2.45) is 0 Å². The third-order valence-electron chi connectivity index (χ3n) is 3.62. The summed E-state index contributed by atoms with van der Waals surface area (Å²) in [7, 11) is 1.58. The van der Waals surface area contributed by atoms with Crippen molar-refractivity contribution in [2.75, 3.05) is 25.6 Å². The normalized spacial score (nSPS) is 14.8. The molecule has 2 amide bonds. The first kappa shape index (κ1) is 17.3. The predicted molar refractivity (Wildman–Crippen MR) is 99.6 cm³/mol. The number of methoxy groups -OCH3 is 1. The van der Waals surface area contributed by atoms with Gasteiger partial charge in [-0.05, 0) is 29.8 Å². The molecule has 3 rings (SSSR count). The maximum atomic E-state index is 12.3. The Morgan fingerprint density at radius 2 is 2.04 bits per heavy atom. The molecule has 6 heteroatoms. The first-order valence-electron chi connectivity index (χ1n) is 7.84. The van der Waals surface area contributed by atoms with Gasteiger partial charge in [0.15, 0.2) is 0 Å². The van der Waals surface area contributed by atoms with Gasteiger partial charge in [-0.1, -0.05) is 42.1 Å². The Labute approximate surface area is 150 Å². The quantitative estimate of drug-likeness (QED) is 0.639. The van der Waals surface area contributed by atoms with E-state index in [-0.39, 0.29) is 11.8 Å². The molecule has 0 radical (unpaired) electrons. The average Bonchev–Trinajstić information content (AvgIpc) is 2.63. The van der Waals surface area contributed by atoms with E-state index < -0.39 is 0 Å². The van der Waals surface area contributed by atoms with Crippen LogP contribution in [0.1, 0.15) is 15.9 Å². The van der Waals surface area contributed by atoms with E-state index in [0.29, 0.717) is 29.3 Å². The molecule has 0 spiro atoms. The zero-order chi connectivity index (χ0) is 17.6. The van der Waals surface area contributed by atoms with Crippen LogP contribution in [0.15, 0.2) is 58.3 Å². The summed E-state index contributed by atoms with van der Waals surface area (Å²) < 4.78 is 4.91. The van der Waals surface area contributed by atoms with Crippen molar-refractivity contribution in [2.45, 2.75) is 4.90 Å². The molecule has 5 nitrogen and oxygen atoms in total. The van der Waals surface area contributed by atoms with Gasteiger partial charge < -0.3 is 15.4 Å². The molecule has 1 aliphatic heterocycles. The molecule has 1 aliphatic rings. The lowest BCUT2D eigenvalue weighted by Gasteiger charge is -2.19. The number of thioether (sulfide) groups is 1. The molecule has 2 aromatic carbocycles. The third-order valence-corrected chi connectivity index (χ3v) is 4.72. The zero-order valence-corrected chi connectivity index (χ0v) is 14.6. The van der Waals surface area contributed by atoms with Gasteiger partial charge in [0, 0.05) is 24.1 Å². The largest absolute Gasteiger partial charge is 0.383 e. The minimum atomic E-state index is -0.190. The topological polar surface area (TPSA) is 67.4 Å². The number of ether oxygens (including phenoxy) is 1. The molecular formula is C19H18N2O3S. The Kier molecular flexibility index (Phi) is 5.53. The Hall–Kier alpha value is -2.57. The number of hydrogen-bond donors (Lipinski definition) is 2. The average molecular weight is 354 g/mol. The number of rotatable bonds is 5. The second-order valence-electron chi connectivity index (χ2n) is 5.44. The molecule has 0 saturated carbocycles. The first-order valence-corrected chi connectivity index (χ1v) is 8.66. The molecule has 0 aromatic heterocycles. The van der Waals surface area contributed by atoms with Crippen LogP contribution in [0.3, 0.4) is 0 Å². The molecule has 25 heavy (non-hydrogen) atoms. The Bertz CT molecular complexity index is 819. The highest BCUT2D eigenvalue weighted by Crippen LogP contribution is 2.39. The first-order chi connectivity index (χ1) is 12.2. The van der Waals surface area contributed by atoms with Crippen molar-refractivity contribution in [1.82, 2.24) is 5.32 Å². The van der Waals surface area contributed by atoms with E-state index in [2.05, 4.69) is 10.6 Å². The van der Waals surface area contributed by atoms with Crippen molar-refractivity contribution >= 4 is 35.3 Å². The third kappa shape index (κ3) is 4.29. The van der Waals surface area contributed by atoms with Crippen molar-refractivity contribution in [3.05, 3.63) is 64.6 Å². The van der Waals surface area contributed by atoms with Crippen molar-refractivity contribution in [1.29, 1.82) is 0 Å². The van der Waals surface area contributed by atoms with Gasteiger partial charge in [-0.2, -0.15) is 0 Å². The molecule has 2 N–H and O–H groups in total. The molecule has 0 fully saturated rings. The van der Waals surface area contributed by atoms with Crippen LogP contribution in [0.25, 0.3) is 6.08 Å². The van der Waals surface area contributed by atoms with Crippen LogP contribution in [0.2, 0.25) is 0 Å². The maximum Gasteiger partial charge on any atom is 0.262 e. The molecule has 1 heterocycles. The highest BCUT2D eigenvalue weighted by molar-refractivity contribution is 8.04. The van der Waals surface area contributed by atoms with E-state index in [0.717, 1.165) is 10.5 Å². The van der Waals surface area contributed by atoms with E-state index in [9.17, 15) is 9.59 Å². The molecule has 0 bridgehead atoms. The van der Waals surface area contributed by atoms with Crippen LogP contribution >= 0.6 is 11.8 Å². The summed E-state index contributed by atoms with van der Waals surface area (Å²) in [6, 6.07) is 15.0. The molecule has 0 unspecified atom stereocenters. The number of nitrogens with one attached hydrogen (secondary N) is 2. The van der Waals surface area contributed by atoms with Crippen LogP contribution in [0.4, 0.5) is 5.69 Å². The SMILES string of the molecule is COCCNC(=O)c1ccc2c(c1)NC(=O)/C(=C/c1ccccc1)S2. The van der Waals surface area contributed by atoms with E-state index in [1.54, 1.807) is 19.2 Å². The number of anilines is 1. The number of benzene rings is 2. The van der Waals surface area contributed by atoms with E-state index in [4.69, 9.17) is 4.74 Å². The molecule has 0 saturated heterocycles. The fraction of sp³-hybridized carbons (Fsp3) is 0.158. The lowest BCUT2D eigenvalue weighted by Crippen LogP contribution is -2.27. The monoisotopic (exact) mass is 354 g/mol. The predicted octanol–water partition coefficient (Wildman–Crippen LogP) is 3.15.